The highest BCUT2D eigenvalue weighted by Crippen LogP contribution is 2.24. The lowest BCUT2D eigenvalue weighted by atomic mass is 10.1. The number of Topliss-reactive ketones (excluding diaryl/α,β-unsaturated/α-hetero) is 1. The number of aromatic nitrogens is 2. The zero-order valence-electron chi connectivity index (χ0n) is 18.3. The van der Waals surface area contributed by atoms with Gasteiger partial charge in [-0.05, 0) is 45.0 Å². The van der Waals surface area contributed by atoms with Gasteiger partial charge in [0, 0.05) is 30.3 Å². The number of nitrogens with zero attached hydrogens (tertiary/aromatic N) is 3. The second kappa shape index (κ2) is 9.70. The lowest BCUT2D eigenvalue weighted by Gasteiger charge is -2.32. The molecule has 0 radical (unpaired) electrons. The van der Waals surface area contributed by atoms with Crippen LogP contribution in [0.2, 0.25) is 0 Å². The molecule has 0 atom stereocenters. The molecule has 32 heavy (non-hydrogen) atoms. The van der Waals surface area contributed by atoms with Crippen LogP contribution in [0.3, 0.4) is 0 Å². The fourth-order valence-corrected chi connectivity index (χ4v) is 3.91. The van der Waals surface area contributed by atoms with Crippen molar-refractivity contribution in [1.82, 2.24) is 15.3 Å². The molecule has 7 nitrogen and oxygen atoms in total. The molecule has 0 saturated carbocycles. The number of ketones is 1. The molecule has 1 amide bonds. The maximum atomic E-state index is 13.2. The van der Waals surface area contributed by atoms with Crippen LogP contribution in [-0.2, 0) is 0 Å². The van der Waals surface area contributed by atoms with E-state index in [1.165, 1.54) is 6.92 Å². The normalized spacial score (nSPS) is 14.1. The molecule has 0 bridgehead atoms. The quantitative estimate of drug-likeness (QED) is 0.580. The number of hydrogen-bond donors (Lipinski definition) is 2. The highest BCUT2D eigenvalue weighted by atomic mass is 16.2. The van der Waals surface area contributed by atoms with E-state index in [0.29, 0.717) is 28.9 Å². The molecule has 0 spiro atoms. The van der Waals surface area contributed by atoms with Gasteiger partial charge in [-0.2, -0.15) is 0 Å². The van der Waals surface area contributed by atoms with Crippen LogP contribution in [0.15, 0.2) is 60.7 Å². The number of nitrogens with one attached hydrogen (secondary N) is 2. The Balaban J connectivity index is 1.70. The summed E-state index contributed by atoms with van der Waals surface area (Å²) in [6, 6.07) is 18.7. The maximum Gasteiger partial charge on any atom is 0.274 e. The Morgan fingerprint density at radius 2 is 1.69 bits per heavy atom. The molecule has 4 rings (SSSR count). The standard InChI is InChI=1S/C25H27N5O2/c1-17(31)20-10-6-7-11-21(20)28-25(32)22-16-23(30(2)19-12-14-26-15-13-19)29-24(27-22)18-8-4-3-5-9-18/h3-11,16,19,26H,12-15H2,1-2H3,(H,28,32). The average molecular weight is 430 g/mol. The van der Waals surface area contributed by atoms with Crippen molar-refractivity contribution in [2.45, 2.75) is 25.8 Å². The molecular formula is C25H27N5O2. The largest absolute Gasteiger partial charge is 0.356 e. The molecule has 7 heteroatoms. The summed E-state index contributed by atoms with van der Waals surface area (Å²) in [5, 5.41) is 6.23. The zero-order valence-corrected chi connectivity index (χ0v) is 18.3. The number of carbonyl (C=O) groups is 2. The van der Waals surface area contributed by atoms with Crippen LogP contribution in [0, 0.1) is 0 Å². The van der Waals surface area contributed by atoms with Gasteiger partial charge in [-0.25, -0.2) is 9.97 Å². The van der Waals surface area contributed by atoms with Gasteiger partial charge in [0.1, 0.15) is 11.5 Å². The van der Waals surface area contributed by atoms with E-state index in [2.05, 4.69) is 20.5 Å². The van der Waals surface area contributed by atoms with E-state index in [1.54, 1.807) is 30.3 Å². The van der Waals surface area contributed by atoms with Gasteiger partial charge in [0.05, 0.1) is 5.69 Å². The summed E-state index contributed by atoms with van der Waals surface area (Å²) < 4.78 is 0. The van der Waals surface area contributed by atoms with Gasteiger partial charge in [-0.1, -0.05) is 42.5 Å². The Morgan fingerprint density at radius 1 is 1.00 bits per heavy atom. The molecule has 0 aliphatic carbocycles. The summed E-state index contributed by atoms with van der Waals surface area (Å²) >= 11 is 0. The van der Waals surface area contributed by atoms with Crippen LogP contribution in [0.25, 0.3) is 11.4 Å². The lowest BCUT2D eigenvalue weighted by Crippen LogP contribution is -2.41. The molecule has 1 aliphatic heterocycles. The Bertz CT molecular complexity index is 1110. The molecule has 2 N–H and O–H groups in total. The summed E-state index contributed by atoms with van der Waals surface area (Å²) in [5.74, 6) is 0.711. The van der Waals surface area contributed by atoms with E-state index < -0.39 is 0 Å². The third-order valence-corrected chi connectivity index (χ3v) is 5.75. The SMILES string of the molecule is CC(=O)c1ccccc1NC(=O)c1cc(N(C)C2CCNCC2)nc(-c2ccccc2)n1. The Hall–Kier alpha value is -3.58. The number of benzene rings is 2. The van der Waals surface area contributed by atoms with Gasteiger partial charge >= 0.3 is 0 Å². The molecule has 1 aliphatic rings. The van der Waals surface area contributed by atoms with E-state index in [4.69, 9.17) is 4.98 Å². The minimum atomic E-state index is -0.377. The van der Waals surface area contributed by atoms with Crippen LogP contribution in [0.1, 0.15) is 40.6 Å². The molecule has 2 aromatic carbocycles. The Morgan fingerprint density at radius 3 is 2.41 bits per heavy atom. The predicted molar refractivity (Wildman–Crippen MR) is 126 cm³/mol. The highest BCUT2D eigenvalue weighted by Gasteiger charge is 2.22. The van der Waals surface area contributed by atoms with Crippen molar-refractivity contribution < 1.29 is 9.59 Å². The van der Waals surface area contributed by atoms with E-state index >= 15 is 0 Å². The number of piperidine rings is 1. The van der Waals surface area contributed by atoms with Gasteiger partial charge in [0.15, 0.2) is 11.6 Å². The molecule has 1 fully saturated rings. The van der Waals surface area contributed by atoms with Crippen LogP contribution in [0.5, 0.6) is 0 Å². The van der Waals surface area contributed by atoms with E-state index in [0.717, 1.165) is 31.5 Å². The summed E-state index contributed by atoms with van der Waals surface area (Å²) in [4.78, 5) is 36.6. The van der Waals surface area contributed by atoms with Crippen molar-refractivity contribution in [3.8, 4) is 11.4 Å². The van der Waals surface area contributed by atoms with Gasteiger partial charge in [-0.15, -0.1) is 0 Å². The van der Waals surface area contributed by atoms with Crippen LogP contribution >= 0.6 is 0 Å². The van der Waals surface area contributed by atoms with Crippen LogP contribution in [0.4, 0.5) is 11.5 Å². The number of anilines is 2. The molecule has 0 unspecified atom stereocenters. The van der Waals surface area contributed by atoms with Crippen molar-refractivity contribution in [1.29, 1.82) is 0 Å². The second-order valence-corrected chi connectivity index (χ2v) is 7.95. The molecule has 1 aromatic heterocycles. The van der Waals surface area contributed by atoms with Crippen molar-refractivity contribution in [3.63, 3.8) is 0 Å². The minimum Gasteiger partial charge on any atom is -0.356 e. The summed E-state index contributed by atoms with van der Waals surface area (Å²) in [6.07, 6.45) is 2.02. The molecule has 164 valence electrons. The van der Waals surface area contributed by atoms with Crippen molar-refractivity contribution >= 4 is 23.2 Å². The Kier molecular flexibility index (Phi) is 6.56. The third kappa shape index (κ3) is 4.84. The van der Waals surface area contributed by atoms with E-state index in [9.17, 15) is 9.59 Å². The van der Waals surface area contributed by atoms with Crippen LogP contribution in [-0.4, -0.2) is 47.8 Å². The first-order valence-electron chi connectivity index (χ1n) is 10.8. The van der Waals surface area contributed by atoms with Gasteiger partial charge in [-0.3, -0.25) is 9.59 Å². The van der Waals surface area contributed by atoms with E-state index in [-0.39, 0.29) is 17.4 Å². The fraction of sp³-hybridized carbons (Fsp3) is 0.280. The summed E-state index contributed by atoms with van der Waals surface area (Å²) in [6.45, 7) is 3.40. The van der Waals surface area contributed by atoms with Gasteiger partial charge in [0.25, 0.3) is 5.91 Å². The smallest absolute Gasteiger partial charge is 0.274 e. The predicted octanol–water partition coefficient (Wildman–Crippen LogP) is 3.79. The number of carbonyl (C=O) groups excluding carboxylic acids is 2. The van der Waals surface area contributed by atoms with Crippen molar-refractivity contribution in [2.24, 2.45) is 0 Å². The third-order valence-electron chi connectivity index (χ3n) is 5.75. The lowest BCUT2D eigenvalue weighted by molar-refractivity contribution is 0.101. The van der Waals surface area contributed by atoms with Gasteiger partial charge in [0.2, 0.25) is 0 Å². The van der Waals surface area contributed by atoms with Crippen molar-refractivity contribution in [2.75, 3.05) is 30.4 Å². The van der Waals surface area contributed by atoms with Crippen LogP contribution < -0.4 is 15.5 Å². The second-order valence-electron chi connectivity index (χ2n) is 7.95. The first-order valence-corrected chi connectivity index (χ1v) is 10.8. The Labute approximate surface area is 187 Å². The topological polar surface area (TPSA) is 87.2 Å². The average Bonchev–Trinajstić information content (AvgIpc) is 2.84. The van der Waals surface area contributed by atoms with Crippen molar-refractivity contribution in [3.05, 3.63) is 71.9 Å². The molecule has 2 heterocycles. The van der Waals surface area contributed by atoms with Gasteiger partial charge < -0.3 is 15.5 Å². The molecule has 1 saturated heterocycles. The first-order chi connectivity index (χ1) is 15.5. The molecule has 3 aromatic rings. The first kappa shape index (κ1) is 21.6. The monoisotopic (exact) mass is 429 g/mol. The molecular weight excluding hydrogens is 402 g/mol. The fourth-order valence-electron chi connectivity index (χ4n) is 3.91. The number of amides is 1. The summed E-state index contributed by atoms with van der Waals surface area (Å²) in [5.41, 5.74) is 2.03. The minimum absolute atomic E-state index is 0.111. The summed E-state index contributed by atoms with van der Waals surface area (Å²) in [7, 11) is 2.01. The highest BCUT2D eigenvalue weighted by molar-refractivity contribution is 6.08. The zero-order chi connectivity index (χ0) is 22.5. The number of hydrogen-bond acceptors (Lipinski definition) is 6. The number of para-hydroxylation sites is 1. The van der Waals surface area contributed by atoms with E-state index in [1.807, 2.05) is 37.4 Å². The number of rotatable bonds is 6. The maximum absolute atomic E-state index is 13.2.